The van der Waals surface area contributed by atoms with Gasteiger partial charge >= 0.3 is 0 Å². The summed E-state index contributed by atoms with van der Waals surface area (Å²) in [5, 5.41) is 14.2. The second kappa shape index (κ2) is 8.63. The number of tetrazole rings is 1. The fourth-order valence-electron chi connectivity index (χ4n) is 3.32. The molecule has 1 saturated carbocycles. The lowest BCUT2D eigenvalue weighted by Crippen LogP contribution is -2.39. The second-order valence-corrected chi connectivity index (χ2v) is 6.77. The largest absolute Gasteiger partial charge is 0.480 e. The number of nitrogens with zero attached hydrogens (tertiary/aromatic N) is 6. The number of rotatable bonds is 6. The van der Waals surface area contributed by atoms with Crippen LogP contribution < -0.4 is 14.8 Å². The Labute approximate surface area is 167 Å². The van der Waals surface area contributed by atoms with Crippen molar-refractivity contribution in [3.8, 4) is 17.4 Å². The molecule has 2 heterocycles. The number of methoxy groups -OCH3 is 1. The molecule has 0 atom stereocenters. The van der Waals surface area contributed by atoms with E-state index in [9.17, 15) is 4.79 Å². The molecular weight excluding hydrogens is 374 g/mol. The van der Waals surface area contributed by atoms with Gasteiger partial charge in [0, 0.05) is 11.6 Å². The van der Waals surface area contributed by atoms with Gasteiger partial charge < -0.3 is 14.8 Å². The molecule has 1 fully saturated rings. The van der Waals surface area contributed by atoms with Gasteiger partial charge in [0.1, 0.15) is 12.4 Å². The Morgan fingerprint density at radius 3 is 2.76 bits per heavy atom. The topological polar surface area (TPSA) is 117 Å². The summed E-state index contributed by atoms with van der Waals surface area (Å²) >= 11 is 0. The molecule has 0 radical (unpaired) electrons. The molecule has 0 spiro atoms. The van der Waals surface area contributed by atoms with Crippen LogP contribution in [0.1, 0.15) is 36.0 Å². The van der Waals surface area contributed by atoms with Crippen LogP contribution in [0.3, 0.4) is 0 Å². The maximum Gasteiger partial charge on any atom is 0.251 e. The Balaban J connectivity index is 1.30. The highest BCUT2D eigenvalue weighted by Crippen LogP contribution is 2.24. The van der Waals surface area contributed by atoms with Crippen LogP contribution in [0.15, 0.2) is 43.0 Å². The first-order valence-corrected chi connectivity index (χ1v) is 9.38. The van der Waals surface area contributed by atoms with Gasteiger partial charge in [-0.2, -0.15) is 4.98 Å². The summed E-state index contributed by atoms with van der Waals surface area (Å²) in [6.07, 6.45) is 7.98. The molecule has 1 aliphatic carbocycles. The summed E-state index contributed by atoms with van der Waals surface area (Å²) in [4.78, 5) is 20.9. The monoisotopic (exact) mass is 395 g/mol. The number of hydrogen-bond donors (Lipinski definition) is 1. The first-order valence-electron chi connectivity index (χ1n) is 9.38. The third-order valence-corrected chi connectivity index (χ3v) is 4.82. The van der Waals surface area contributed by atoms with Crippen LogP contribution in [0.25, 0.3) is 5.69 Å². The molecule has 1 N–H and O–H groups in total. The van der Waals surface area contributed by atoms with E-state index in [1.165, 1.54) is 17.2 Å². The highest BCUT2D eigenvalue weighted by atomic mass is 16.5. The second-order valence-electron chi connectivity index (χ2n) is 6.77. The molecule has 150 valence electrons. The summed E-state index contributed by atoms with van der Waals surface area (Å²) in [7, 11) is 1.54. The van der Waals surface area contributed by atoms with E-state index in [1.807, 2.05) is 12.1 Å². The van der Waals surface area contributed by atoms with Crippen molar-refractivity contribution in [3.05, 3.63) is 48.5 Å². The zero-order valence-corrected chi connectivity index (χ0v) is 15.9. The average Bonchev–Trinajstić information content (AvgIpc) is 3.30. The van der Waals surface area contributed by atoms with Gasteiger partial charge in [0.15, 0.2) is 0 Å². The van der Waals surface area contributed by atoms with Crippen molar-refractivity contribution in [2.45, 2.75) is 37.8 Å². The van der Waals surface area contributed by atoms with Crippen LogP contribution in [-0.2, 0) is 0 Å². The molecule has 0 saturated heterocycles. The van der Waals surface area contributed by atoms with Gasteiger partial charge in [0.25, 0.3) is 5.91 Å². The summed E-state index contributed by atoms with van der Waals surface area (Å²) < 4.78 is 12.5. The van der Waals surface area contributed by atoms with E-state index < -0.39 is 0 Å². The molecule has 1 aromatic carbocycles. The van der Waals surface area contributed by atoms with Gasteiger partial charge in [-0.25, -0.2) is 4.68 Å². The molecule has 0 bridgehead atoms. The minimum atomic E-state index is -0.108. The number of amides is 1. The molecule has 3 aromatic rings. The van der Waals surface area contributed by atoms with E-state index in [0.717, 1.165) is 31.4 Å². The number of ether oxygens (including phenoxy) is 2. The Bertz CT molecular complexity index is 956. The molecule has 4 rings (SSSR count). The van der Waals surface area contributed by atoms with Crippen molar-refractivity contribution in [1.82, 2.24) is 35.5 Å². The normalized spacial score (nSPS) is 18.8. The summed E-state index contributed by atoms with van der Waals surface area (Å²) in [5.41, 5.74) is 1.31. The van der Waals surface area contributed by atoms with Crippen molar-refractivity contribution >= 4 is 5.91 Å². The van der Waals surface area contributed by atoms with Crippen molar-refractivity contribution in [1.29, 1.82) is 0 Å². The van der Waals surface area contributed by atoms with Crippen LogP contribution in [0.5, 0.6) is 11.8 Å². The minimum Gasteiger partial charge on any atom is -0.480 e. The van der Waals surface area contributed by atoms with Crippen molar-refractivity contribution < 1.29 is 14.3 Å². The predicted octanol–water partition coefficient (Wildman–Crippen LogP) is 1.58. The van der Waals surface area contributed by atoms with Crippen molar-refractivity contribution in [2.24, 2.45) is 0 Å². The lowest BCUT2D eigenvalue weighted by molar-refractivity contribution is 0.0889. The van der Waals surface area contributed by atoms with Crippen molar-refractivity contribution in [2.75, 3.05) is 7.11 Å². The van der Waals surface area contributed by atoms with E-state index in [-0.39, 0.29) is 18.1 Å². The number of carbonyl (C=O) groups is 1. The maximum absolute atomic E-state index is 12.6. The highest BCUT2D eigenvalue weighted by Gasteiger charge is 2.24. The zero-order chi connectivity index (χ0) is 20.1. The standard InChI is InChI=1S/C19H21N7O3/c1-28-17-10-20-11-18(23-17)29-16-7-5-14(6-8-16)22-19(27)13-3-2-4-15(9-13)26-12-21-24-25-26/h2-4,9-12,14,16H,5-8H2,1H3,(H,22,27). The Kier molecular flexibility index (Phi) is 5.59. The number of aromatic nitrogens is 6. The van der Waals surface area contributed by atoms with E-state index in [1.54, 1.807) is 25.4 Å². The van der Waals surface area contributed by atoms with Crippen LogP contribution >= 0.6 is 0 Å². The molecule has 0 aliphatic heterocycles. The minimum absolute atomic E-state index is 0.0488. The van der Waals surface area contributed by atoms with E-state index in [2.05, 4.69) is 30.8 Å². The van der Waals surface area contributed by atoms with Gasteiger partial charge in [-0.1, -0.05) is 6.07 Å². The quantitative estimate of drug-likeness (QED) is 0.669. The molecule has 29 heavy (non-hydrogen) atoms. The Morgan fingerprint density at radius 2 is 2.00 bits per heavy atom. The lowest BCUT2D eigenvalue weighted by atomic mass is 9.92. The summed E-state index contributed by atoms with van der Waals surface area (Å²) in [6, 6.07) is 7.31. The Hall–Kier alpha value is -3.56. The van der Waals surface area contributed by atoms with Crippen molar-refractivity contribution in [3.63, 3.8) is 0 Å². The van der Waals surface area contributed by atoms with Gasteiger partial charge in [0.2, 0.25) is 11.8 Å². The third-order valence-electron chi connectivity index (χ3n) is 4.82. The Morgan fingerprint density at radius 1 is 1.17 bits per heavy atom. The average molecular weight is 395 g/mol. The number of benzene rings is 1. The molecule has 10 nitrogen and oxygen atoms in total. The molecule has 2 aromatic heterocycles. The maximum atomic E-state index is 12.6. The van der Waals surface area contributed by atoms with E-state index >= 15 is 0 Å². The first kappa shape index (κ1) is 18.8. The summed E-state index contributed by atoms with van der Waals surface area (Å²) in [6.45, 7) is 0. The third kappa shape index (κ3) is 4.65. The van der Waals surface area contributed by atoms with Crippen LogP contribution in [-0.4, -0.2) is 55.3 Å². The van der Waals surface area contributed by atoms with Crippen LogP contribution in [0.4, 0.5) is 0 Å². The van der Waals surface area contributed by atoms with E-state index in [4.69, 9.17) is 9.47 Å². The van der Waals surface area contributed by atoms with Gasteiger partial charge in [-0.15, -0.1) is 5.10 Å². The number of nitrogens with one attached hydrogen (secondary N) is 1. The SMILES string of the molecule is COc1cncc(OC2CCC(NC(=O)c3cccc(-n4cnnn4)c3)CC2)n1. The highest BCUT2D eigenvalue weighted by molar-refractivity contribution is 5.94. The van der Waals surface area contributed by atoms with Gasteiger partial charge in [0.05, 0.1) is 25.2 Å². The van der Waals surface area contributed by atoms with Crippen LogP contribution in [0.2, 0.25) is 0 Å². The lowest BCUT2D eigenvalue weighted by Gasteiger charge is -2.29. The number of carbonyl (C=O) groups excluding carboxylic acids is 1. The van der Waals surface area contributed by atoms with Crippen LogP contribution in [0, 0.1) is 0 Å². The van der Waals surface area contributed by atoms with Gasteiger partial charge in [-0.3, -0.25) is 9.78 Å². The fraction of sp³-hybridized carbons (Fsp3) is 0.368. The fourth-order valence-corrected chi connectivity index (χ4v) is 3.32. The molecule has 0 unspecified atom stereocenters. The van der Waals surface area contributed by atoms with E-state index in [0.29, 0.717) is 17.3 Å². The first-order chi connectivity index (χ1) is 14.2. The van der Waals surface area contributed by atoms with Gasteiger partial charge in [-0.05, 0) is 54.3 Å². The molecule has 1 aliphatic rings. The zero-order valence-electron chi connectivity index (χ0n) is 15.9. The molecular formula is C19H21N7O3. The number of hydrogen-bond acceptors (Lipinski definition) is 8. The predicted molar refractivity (Wildman–Crippen MR) is 102 cm³/mol. The molecule has 10 heteroatoms. The smallest absolute Gasteiger partial charge is 0.251 e. The summed E-state index contributed by atoms with van der Waals surface area (Å²) in [5.74, 6) is 0.770. The molecule has 1 amide bonds.